The first-order valence-corrected chi connectivity index (χ1v) is 7.02. The van der Waals surface area contributed by atoms with Crippen LogP contribution in [-0.2, 0) is 0 Å². The molecule has 0 amide bonds. The smallest absolute Gasteiger partial charge is 0.0965 e. The van der Waals surface area contributed by atoms with Crippen LogP contribution in [0.1, 0.15) is 43.5 Å². The van der Waals surface area contributed by atoms with Crippen molar-refractivity contribution < 1.29 is 0 Å². The average molecular weight is 239 g/mol. The predicted molar refractivity (Wildman–Crippen MR) is 68.8 cm³/mol. The minimum Gasteiger partial charge on any atom is -0.328 e. The first-order chi connectivity index (χ1) is 7.75. The first kappa shape index (κ1) is 12.0. The number of nitrogens with zero attached hydrogens (tertiary/aromatic N) is 1. The molecule has 1 fully saturated rings. The fraction of sp³-hybridized carbons (Fsp3) is 0.750. The summed E-state index contributed by atoms with van der Waals surface area (Å²) in [5, 5.41) is 6.92. The molecule has 1 atom stereocenters. The van der Waals surface area contributed by atoms with Crippen LogP contribution in [0.15, 0.2) is 11.6 Å². The molecule has 2 rings (SSSR count). The summed E-state index contributed by atoms with van der Waals surface area (Å²) < 4.78 is 0. The third-order valence-corrected chi connectivity index (χ3v) is 4.36. The van der Waals surface area contributed by atoms with E-state index in [1.165, 1.54) is 30.7 Å². The third kappa shape index (κ3) is 3.27. The number of nitrogens with one attached hydrogen (secondary N) is 1. The molecule has 1 saturated carbocycles. The molecule has 0 radical (unpaired) electrons. The highest BCUT2D eigenvalue weighted by Crippen LogP contribution is 2.20. The number of hydrogen-bond donors (Lipinski definition) is 2. The fourth-order valence-corrected chi connectivity index (χ4v) is 2.93. The van der Waals surface area contributed by atoms with E-state index in [1.807, 2.05) is 11.6 Å². The predicted octanol–water partition coefficient (Wildman–Crippen LogP) is 2.11. The zero-order valence-corrected chi connectivity index (χ0v) is 10.7. The van der Waals surface area contributed by atoms with Gasteiger partial charge in [0.2, 0.25) is 0 Å². The Balaban J connectivity index is 1.71. The molecule has 1 aliphatic rings. The summed E-state index contributed by atoms with van der Waals surface area (Å²) in [7, 11) is 0. The van der Waals surface area contributed by atoms with Crippen molar-refractivity contribution in [3.05, 3.63) is 16.6 Å². The molecule has 0 spiro atoms. The molecule has 1 aromatic rings. The van der Waals surface area contributed by atoms with Gasteiger partial charge in [-0.25, -0.2) is 4.98 Å². The molecule has 90 valence electrons. The number of thiazole rings is 1. The minimum atomic E-state index is 0.439. The highest BCUT2D eigenvalue weighted by atomic mass is 32.1. The van der Waals surface area contributed by atoms with Gasteiger partial charge in [0.1, 0.15) is 0 Å². The Morgan fingerprint density at radius 1 is 1.50 bits per heavy atom. The van der Waals surface area contributed by atoms with E-state index in [0.717, 1.165) is 6.54 Å². The van der Waals surface area contributed by atoms with E-state index in [-0.39, 0.29) is 0 Å². The van der Waals surface area contributed by atoms with Crippen molar-refractivity contribution in [1.82, 2.24) is 10.3 Å². The zero-order valence-electron chi connectivity index (χ0n) is 9.86. The summed E-state index contributed by atoms with van der Waals surface area (Å²) in [6.07, 6.45) is 6.68. The van der Waals surface area contributed by atoms with E-state index < -0.39 is 0 Å². The van der Waals surface area contributed by atoms with E-state index in [9.17, 15) is 0 Å². The van der Waals surface area contributed by atoms with Crippen molar-refractivity contribution in [2.45, 2.75) is 50.6 Å². The number of nitrogens with two attached hydrogens (primary N) is 1. The van der Waals surface area contributed by atoms with Gasteiger partial charge in [-0.05, 0) is 25.7 Å². The highest BCUT2D eigenvalue weighted by molar-refractivity contribution is 7.09. The normalized spacial score (nSPS) is 27.9. The fourth-order valence-electron chi connectivity index (χ4n) is 2.23. The molecule has 0 aliphatic heterocycles. The number of hydrogen-bond acceptors (Lipinski definition) is 4. The van der Waals surface area contributed by atoms with E-state index in [1.54, 1.807) is 11.3 Å². The van der Waals surface area contributed by atoms with Gasteiger partial charge in [-0.3, -0.25) is 0 Å². The molecule has 4 heteroatoms. The highest BCUT2D eigenvalue weighted by Gasteiger charge is 2.19. The second kappa shape index (κ2) is 5.75. The molecular formula is C12H21N3S. The molecule has 3 nitrogen and oxygen atoms in total. The lowest BCUT2D eigenvalue weighted by molar-refractivity contribution is 0.339. The molecule has 16 heavy (non-hydrogen) atoms. The van der Waals surface area contributed by atoms with Gasteiger partial charge < -0.3 is 11.1 Å². The summed E-state index contributed by atoms with van der Waals surface area (Å²) in [4.78, 5) is 4.35. The van der Waals surface area contributed by atoms with Gasteiger partial charge in [0.25, 0.3) is 0 Å². The van der Waals surface area contributed by atoms with Crippen molar-refractivity contribution in [1.29, 1.82) is 0 Å². The zero-order chi connectivity index (χ0) is 11.4. The molecule has 1 aromatic heterocycles. The van der Waals surface area contributed by atoms with Gasteiger partial charge in [-0.1, -0.05) is 6.92 Å². The summed E-state index contributed by atoms with van der Waals surface area (Å²) in [6, 6.07) is 1.11. The van der Waals surface area contributed by atoms with E-state index >= 15 is 0 Å². The van der Waals surface area contributed by atoms with Crippen molar-refractivity contribution in [2.75, 3.05) is 6.54 Å². The molecule has 1 unspecified atom stereocenters. The van der Waals surface area contributed by atoms with Crippen LogP contribution in [0.25, 0.3) is 0 Å². The third-order valence-electron chi connectivity index (χ3n) is 3.36. The van der Waals surface area contributed by atoms with Crippen LogP contribution in [0.3, 0.4) is 0 Å². The van der Waals surface area contributed by atoms with E-state index in [0.29, 0.717) is 18.0 Å². The molecule has 0 aromatic carbocycles. The Labute approximate surface area is 101 Å². The maximum atomic E-state index is 5.89. The van der Waals surface area contributed by atoms with Crippen LogP contribution in [-0.4, -0.2) is 23.6 Å². The Kier molecular flexibility index (Phi) is 4.32. The van der Waals surface area contributed by atoms with Crippen molar-refractivity contribution in [2.24, 2.45) is 5.73 Å². The Bertz CT molecular complexity index is 291. The van der Waals surface area contributed by atoms with E-state index in [4.69, 9.17) is 5.73 Å². The van der Waals surface area contributed by atoms with E-state index in [2.05, 4.69) is 17.2 Å². The minimum absolute atomic E-state index is 0.439. The largest absolute Gasteiger partial charge is 0.328 e. The van der Waals surface area contributed by atoms with Crippen LogP contribution in [0.4, 0.5) is 0 Å². The topological polar surface area (TPSA) is 50.9 Å². The van der Waals surface area contributed by atoms with Crippen LogP contribution in [0.5, 0.6) is 0 Å². The second-order valence-electron chi connectivity index (χ2n) is 4.79. The number of rotatable bonds is 4. The molecule has 0 bridgehead atoms. The second-order valence-corrected chi connectivity index (χ2v) is 5.72. The molecule has 1 aliphatic carbocycles. The quantitative estimate of drug-likeness (QED) is 0.846. The maximum Gasteiger partial charge on any atom is 0.0965 e. The monoisotopic (exact) mass is 239 g/mol. The molecule has 3 N–H and O–H groups in total. The average Bonchev–Trinajstić information content (AvgIpc) is 2.81. The Morgan fingerprint density at radius 2 is 2.25 bits per heavy atom. The Morgan fingerprint density at radius 3 is 2.88 bits per heavy atom. The summed E-state index contributed by atoms with van der Waals surface area (Å²) in [6.45, 7) is 3.27. The number of aromatic nitrogens is 1. The molecular weight excluding hydrogens is 218 g/mol. The van der Waals surface area contributed by atoms with Gasteiger partial charge in [0, 0.05) is 36.1 Å². The SMILES string of the molecule is CC(CNC1CCC(N)CC1)c1nccs1. The van der Waals surface area contributed by atoms with Crippen molar-refractivity contribution in [3.8, 4) is 0 Å². The van der Waals surface area contributed by atoms with Gasteiger partial charge >= 0.3 is 0 Å². The van der Waals surface area contributed by atoms with Gasteiger partial charge in [-0.15, -0.1) is 11.3 Å². The van der Waals surface area contributed by atoms with Crippen molar-refractivity contribution >= 4 is 11.3 Å². The lowest BCUT2D eigenvalue weighted by Gasteiger charge is -2.27. The summed E-state index contributed by atoms with van der Waals surface area (Å²) >= 11 is 1.75. The lowest BCUT2D eigenvalue weighted by atomic mass is 9.91. The standard InChI is InChI=1S/C12H21N3S/c1-9(12-14-6-7-16-12)8-15-11-4-2-10(13)3-5-11/h6-7,9-11,15H,2-5,8,13H2,1H3. The van der Waals surface area contributed by atoms with Crippen LogP contribution >= 0.6 is 11.3 Å². The lowest BCUT2D eigenvalue weighted by Crippen LogP contribution is -2.38. The van der Waals surface area contributed by atoms with Gasteiger partial charge in [-0.2, -0.15) is 0 Å². The van der Waals surface area contributed by atoms with Gasteiger partial charge in [0.05, 0.1) is 5.01 Å². The van der Waals surface area contributed by atoms with Crippen LogP contribution < -0.4 is 11.1 Å². The summed E-state index contributed by atoms with van der Waals surface area (Å²) in [5.41, 5.74) is 5.89. The van der Waals surface area contributed by atoms with Crippen LogP contribution in [0.2, 0.25) is 0 Å². The van der Waals surface area contributed by atoms with Gasteiger partial charge in [0.15, 0.2) is 0 Å². The first-order valence-electron chi connectivity index (χ1n) is 6.14. The Hall–Kier alpha value is -0.450. The molecule has 1 heterocycles. The summed E-state index contributed by atoms with van der Waals surface area (Å²) in [5.74, 6) is 0.524. The maximum absolute atomic E-state index is 5.89. The van der Waals surface area contributed by atoms with Crippen LogP contribution in [0, 0.1) is 0 Å². The molecule has 0 saturated heterocycles. The van der Waals surface area contributed by atoms with Crippen molar-refractivity contribution in [3.63, 3.8) is 0 Å².